The first-order chi connectivity index (χ1) is 12.7. The molecule has 0 saturated carbocycles. The van der Waals surface area contributed by atoms with Crippen LogP contribution in [0, 0.1) is 0 Å². The van der Waals surface area contributed by atoms with Crippen molar-refractivity contribution in [2.75, 3.05) is 37.6 Å². The Morgan fingerprint density at radius 1 is 1.19 bits per heavy atom. The molecule has 0 atom stereocenters. The van der Waals surface area contributed by atoms with Crippen molar-refractivity contribution < 1.29 is 4.79 Å². The number of nitrogens with zero attached hydrogens (tertiary/aromatic N) is 3. The van der Waals surface area contributed by atoms with Crippen molar-refractivity contribution in [3.8, 4) is 0 Å². The van der Waals surface area contributed by atoms with Gasteiger partial charge in [0, 0.05) is 31.5 Å². The van der Waals surface area contributed by atoms with Gasteiger partial charge < -0.3 is 15.1 Å². The highest BCUT2D eigenvalue weighted by atomic mass is 16.1. The fraction of sp³-hybridized carbons (Fsp3) is 0.429. The number of para-hydroxylation sites is 1. The highest BCUT2D eigenvalue weighted by Gasteiger charge is 2.18. The normalized spacial score (nSPS) is 13.6. The summed E-state index contributed by atoms with van der Waals surface area (Å²) in [7, 11) is 0. The summed E-state index contributed by atoms with van der Waals surface area (Å²) in [6, 6.07) is 12.3. The Balaban J connectivity index is 1.63. The summed E-state index contributed by atoms with van der Waals surface area (Å²) >= 11 is 0. The maximum atomic E-state index is 12.3. The number of fused-ring (bicyclic) bond motifs is 1. The summed E-state index contributed by atoms with van der Waals surface area (Å²) < 4.78 is 0. The van der Waals surface area contributed by atoms with Gasteiger partial charge in [0.05, 0.1) is 5.56 Å². The predicted molar refractivity (Wildman–Crippen MR) is 106 cm³/mol. The highest BCUT2D eigenvalue weighted by Crippen LogP contribution is 2.31. The van der Waals surface area contributed by atoms with Gasteiger partial charge in [-0.3, -0.25) is 4.79 Å². The third kappa shape index (κ3) is 4.22. The molecule has 26 heavy (non-hydrogen) atoms. The predicted octanol–water partition coefficient (Wildman–Crippen LogP) is 3.24. The molecule has 2 aromatic rings. The minimum Gasteiger partial charge on any atom is -0.351 e. The maximum absolute atomic E-state index is 12.3. The molecule has 0 aliphatic carbocycles. The van der Waals surface area contributed by atoms with Crippen LogP contribution < -0.4 is 10.2 Å². The molecule has 0 fully saturated rings. The van der Waals surface area contributed by atoms with E-state index < -0.39 is 0 Å². The Labute approximate surface area is 156 Å². The molecule has 0 unspecified atom stereocenters. The van der Waals surface area contributed by atoms with Gasteiger partial charge in [-0.15, -0.1) is 0 Å². The number of anilines is 2. The van der Waals surface area contributed by atoms with Crippen molar-refractivity contribution in [3.05, 3.63) is 53.7 Å². The summed E-state index contributed by atoms with van der Waals surface area (Å²) in [4.78, 5) is 21.4. The largest absolute Gasteiger partial charge is 0.351 e. The maximum Gasteiger partial charge on any atom is 0.252 e. The van der Waals surface area contributed by atoms with Crippen LogP contribution in [0.2, 0.25) is 0 Å². The number of aromatic nitrogens is 1. The molecule has 1 aromatic heterocycles. The molecule has 5 heteroatoms. The molecule has 0 radical (unpaired) electrons. The second-order valence-corrected chi connectivity index (χ2v) is 6.57. The molecule has 2 heterocycles. The molecular formula is C21H28N4O. The SMILES string of the molecule is CCN(CC)CCNC(=O)c1ccc(N2CCCc3ccccc32)nc1. The first kappa shape index (κ1) is 18.4. The third-order valence-corrected chi connectivity index (χ3v) is 5.00. The Kier molecular flexibility index (Phi) is 6.23. The number of benzene rings is 1. The average Bonchev–Trinajstić information content (AvgIpc) is 2.71. The van der Waals surface area contributed by atoms with E-state index in [-0.39, 0.29) is 5.91 Å². The topological polar surface area (TPSA) is 48.5 Å². The molecule has 1 N–H and O–H groups in total. The zero-order chi connectivity index (χ0) is 18.4. The zero-order valence-electron chi connectivity index (χ0n) is 15.7. The third-order valence-electron chi connectivity index (χ3n) is 5.00. The number of amides is 1. The number of hydrogen-bond donors (Lipinski definition) is 1. The summed E-state index contributed by atoms with van der Waals surface area (Å²) in [6.07, 6.45) is 3.91. The van der Waals surface area contributed by atoms with Crippen LogP contribution >= 0.6 is 0 Å². The second kappa shape index (κ2) is 8.81. The standard InChI is InChI=1S/C21H28N4O/c1-3-24(4-2)15-13-22-21(26)18-11-12-20(23-16-18)25-14-7-9-17-8-5-6-10-19(17)25/h5-6,8,10-12,16H,3-4,7,9,13-15H2,1-2H3,(H,22,26). The van der Waals surface area contributed by atoms with Gasteiger partial charge in [0.1, 0.15) is 5.82 Å². The molecule has 1 aliphatic rings. The van der Waals surface area contributed by atoms with Gasteiger partial charge in [0.25, 0.3) is 5.91 Å². The Bertz CT molecular complexity index is 725. The van der Waals surface area contributed by atoms with E-state index >= 15 is 0 Å². The number of aryl methyl sites for hydroxylation is 1. The van der Waals surface area contributed by atoms with Gasteiger partial charge in [-0.1, -0.05) is 32.0 Å². The molecular weight excluding hydrogens is 324 g/mol. The van der Waals surface area contributed by atoms with E-state index in [2.05, 4.69) is 58.2 Å². The Morgan fingerprint density at radius 2 is 2.00 bits per heavy atom. The summed E-state index contributed by atoms with van der Waals surface area (Å²) in [6.45, 7) is 8.75. The van der Waals surface area contributed by atoms with Crippen molar-refractivity contribution in [2.45, 2.75) is 26.7 Å². The van der Waals surface area contributed by atoms with Gasteiger partial charge in [0.2, 0.25) is 0 Å². The number of hydrogen-bond acceptors (Lipinski definition) is 4. The van der Waals surface area contributed by atoms with Crippen molar-refractivity contribution >= 4 is 17.4 Å². The smallest absolute Gasteiger partial charge is 0.252 e. The van der Waals surface area contributed by atoms with Crippen LogP contribution in [-0.4, -0.2) is 48.5 Å². The number of likely N-dealkylation sites (N-methyl/N-ethyl adjacent to an activating group) is 1. The van der Waals surface area contributed by atoms with Crippen molar-refractivity contribution in [1.29, 1.82) is 0 Å². The summed E-state index contributed by atoms with van der Waals surface area (Å²) in [5.41, 5.74) is 3.19. The van der Waals surface area contributed by atoms with Gasteiger partial charge in [-0.05, 0) is 49.7 Å². The first-order valence-electron chi connectivity index (χ1n) is 9.55. The minimum absolute atomic E-state index is 0.0600. The Morgan fingerprint density at radius 3 is 2.73 bits per heavy atom. The zero-order valence-corrected chi connectivity index (χ0v) is 15.7. The van der Waals surface area contributed by atoms with Gasteiger partial charge in [0.15, 0.2) is 0 Å². The molecule has 0 bridgehead atoms. The van der Waals surface area contributed by atoms with Gasteiger partial charge in [-0.25, -0.2) is 4.98 Å². The second-order valence-electron chi connectivity index (χ2n) is 6.57. The molecule has 0 saturated heterocycles. The van der Waals surface area contributed by atoms with Crippen LogP contribution in [0.15, 0.2) is 42.6 Å². The van der Waals surface area contributed by atoms with E-state index in [1.54, 1.807) is 6.20 Å². The molecule has 1 amide bonds. The molecule has 138 valence electrons. The molecule has 5 nitrogen and oxygen atoms in total. The summed E-state index contributed by atoms with van der Waals surface area (Å²) in [5.74, 6) is 0.840. The molecule has 1 aromatic carbocycles. The van der Waals surface area contributed by atoms with Crippen LogP contribution in [0.3, 0.4) is 0 Å². The molecule has 0 spiro atoms. The van der Waals surface area contributed by atoms with E-state index in [0.717, 1.165) is 44.8 Å². The van der Waals surface area contributed by atoms with Crippen LogP contribution in [0.1, 0.15) is 36.2 Å². The lowest BCUT2D eigenvalue weighted by atomic mass is 10.0. The number of carbonyl (C=O) groups is 1. The lowest BCUT2D eigenvalue weighted by molar-refractivity contribution is 0.0948. The van der Waals surface area contributed by atoms with E-state index in [9.17, 15) is 4.79 Å². The van der Waals surface area contributed by atoms with E-state index in [1.165, 1.54) is 11.3 Å². The monoisotopic (exact) mass is 352 g/mol. The fourth-order valence-corrected chi connectivity index (χ4v) is 3.42. The highest BCUT2D eigenvalue weighted by molar-refractivity contribution is 5.94. The Hall–Kier alpha value is -2.40. The first-order valence-corrected chi connectivity index (χ1v) is 9.55. The quantitative estimate of drug-likeness (QED) is 0.831. The fourth-order valence-electron chi connectivity index (χ4n) is 3.42. The molecule has 3 rings (SSSR count). The van der Waals surface area contributed by atoms with Crippen LogP contribution in [0.4, 0.5) is 11.5 Å². The minimum atomic E-state index is -0.0600. The average molecular weight is 352 g/mol. The van der Waals surface area contributed by atoms with Crippen molar-refractivity contribution in [1.82, 2.24) is 15.2 Å². The van der Waals surface area contributed by atoms with E-state index in [1.807, 2.05) is 12.1 Å². The number of carbonyl (C=O) groups excluding carboxylic acids is 1. The van der Waals surface area contributed by atoms with Crippen LogP contribution in [0.5, 0.6) is 0 Å². The lowest BCUT2D eigenvalue weighted by Gasteiger charge is -2.30. The lowest BCUT2D eigenvalue weighted by Crippen LogP contribution is -2.34. The molecule has 1 aliphatic heterocycles. The van der Waals surface area contributed by atoms with E-state index in [0.29, 0.717) is 12.1 Å². The van der Waals surface area contributed by atoms with Gasteiger partial charge >= 0.3 is 0 Å². The number of pyridine rings is 1. The summed E-state index contributed by atoms with van der Waals surface area (Å²) in [5, 5.41) is 2.98. The van der Waals surface area contributed by atoms with Crippen molar-refractivity contribution in [2.24, 2.45) is 0 Å². The van der Waals surface area contributed by atoms with Crippen LogP contribution in [-0.2, 0) is 6.42 Å². The van der Waals surface area contributed by atoms with E-state index in [4.69, 9.17) is 0 Å². The van der Waals surface area contributed by atoms with Crippen molar-refractivity contribution in [3.63, 3.8) is 0 Å². The van der Waals surface area contributed by atoms with Crippen LogP contribution in [0.25, 0.3) is 0 Å². The number of rotatable bonds is 7. The number of nitrogens with one attached hydrogen (secondary N) is 1. The van der Waals surface area contributed by atoms with Gasteiger partial charge in [-0.2, -0.15) is 0 Å².